The Morgan fingerprint density at radius 3 is 1.98 bits per heavy atom. The maximum Gasteiger partial charge on any atom is 0.241 e. The third kappa shape index (κ3) is 3.19. The minimum absolute atomic E-state index is 0.267. The average Bonchev–Trinajstić information content (AvgIpc) is 3.03. The number of anilines is 3. The molecule has 0 aromatic heterocycles. The molecule has 0 N–H and O–H groups in total. The Morgan fingerprint density at radius 1 is 0.489 bits per heavy atom. The summed E-state index contributed by atoms with van der Waals surface area (Å²) in [5.41, 5.74) is 20.1. The van der Waals surface area contributed by atoms with Crippen LogP contribution in [0, 0.1) is 27.7 Å². The number of fused-ring (bicyclic) bond motifs is 12. The van der Waals surface area contributed by atoms with Crippen molar-refractivity contribution in [1.29, 1.82) is 0 Å². The molecule has 3 heteroatoms. The van der Waals surface area contributed by atoms with E-state index in [0.717, 1.165) is 12.8 Å². The quantitative estimate of drug-likeness (QED) is 0.231. The first kappa shape index (κ1) is 25.7. The molecule has 1 atom stereocenters. The van der Waals surface area contributed by atoms with Crippen molar-refractivity contribution in [1.82, 2.24) is 0 Å². The van der Waals surface area contributed by atoms with E-state index in [1.54, 1.807) is 21.0 Å². The summed E-state index contributed by atoms with van der Waals surface area (Å²) in [4.78, 5) is 2.63. The van der Waals surface area contributed by atoms with E-state index < -0.39 is 8.07 Å². The average molecular weight is 592 g/mol. The molecule has 1 unspecified atom stereocenters. The van der Waals surface area contributed by atoms with Crippen molar-refractivity contribution in [3.63, 3.8) is 0 Å². The van der Waals surface area contributed by atoms with Crippen LogP contribution in [-0.4, -0.2) is 14.8 Å². The second kappa shape index (κ2) is 8.77. The van der Waals surface area contributed by atoms with Gasteiger partial charge in [0.2, 0.25) is 6.71 Å². The Labute approximate surface area is 267 Å². The van der Waals surface area contributed by atoms with Crippen LogP contribution >= 0.6 is 0 Å². The molecule has 6 aromatic carbocycles. The van der Waals surface area contributed by atoms with E-state index in [-0.39, 0.29) is 6.71 Å². The van der Waals surface area contributed by atoms with E-state index in [9.17, 15) is 0 Å². The highest BCUT2D eigenvalue weighted by molar-refractivity contribution is 7.27. The van der Waals surface area contributed by atoms with Gasteiger partial charge >= 0.3 is 0 Å². The molecule has 0 saturated carbocycles. The van der Waals surface area contributed by atoms with Gasteiger partial charge in [-0.1, -0.05) is 136 Å². The van der Waals surface area contributed by atoms with Gasteiger partial charge in [0.05, 0.1) is 5.69 Å². The molecule has 0 aliphatic carbocycles. The maximum absolute atomic E-state index is 2.73. The van der Waals surface area contributed by atoms with Crippen LogP contribution in [-0.2, 0) is 12.8 Å². The molecule has 4 heterocycles. The van der Waals surface area contributed by atoms with Gasteiger partial charge in [-0.25, -0.2) is 0 Å². The van der Waals surface area contributed by atoms with Crippen LogP contribution in [0.4, 0.5) is 17.1 Å². The van der Waals surface area contributed by atoms with Crippen molar-refractivity contribution in [3.8, 4) is 0 Å². The summed E-state index contributed by atoms with van der Waals surface area (Å²) >= 11 is 0. The predicted molar refractivity (Wildman–Crippen MR) is 194 cm³/mol. The lowest BCUT2D eigenvalue weighted by molar-refractivity contribution is 1.08. The van der Waals surface area contributed by atoms with E-state index in [1.165, 1.54) is 77.7 Å². The van der Waals surface area contributed by atoms with Crippen LogP contribution in [0.1, 0.15) is 44.5 Å². The summed E-state index contributed by atoms with van der Waals surface area (Å²) in [6, 6.07) is 43.4. The lowest BCUT2D eigenvalue weighted by atomic mass is 9.33. The van der Waals surface area contributed by atoms with Crippen LogP contribution in [0.5, 0.6) is 0 Å². The largest absolute Gasteiger partial charge is 0.310 e. The molecule has 10 rings (SSSR count). The van der Waals surface area contributed by atoms with E-state index in [1.807, 2.05) is 0 Å². The highest BCUT2D eigenvalue weighted by Crippen LogP contribution is 2.46. The molecule has 4 aliphatic heterocycles. The molecule has 6 aromatic rings. The first-order chi connectivity index (χ1) is 21.9. The molecule has 0 saturated heterocycles. The zero-order chi connectivity index (χ0) is 30.2. The summed E-state index contributed by atoms with van der Waals surface area (Å²) in [6.45, 7) is 9.37. The van der Waals surface area contributed by atoms with Gasteiger partial charge in [-0.05, 0) is 89.2 Å². The second-order valence-corrected chi connectivity index (χ2v) is 17.7. The summed E-state index contributed by atoms with van der Waals surface area (Å²) < 4.78 is 0. The number of hydrogen-bond donors (Lipinski definition) is 0. The molecule has 0 amide bonds. The van der Waals surface area contributed by atoms with Gasteiger partial charge in [-0.2, -0.15) is 0 Å². The van der Waals surface area contributed by atoms with Crippen molar-refractivity contribution in [2.75, 3.05) is 4.90 Å². The topological polar surface area (TPSA) is 3.24 Å². The Hall–Kier alpha value is -4.60. The summed E-state index contributed by atoms with van der Waals surface area (Å²) in [5, 5.41) is 6.27. The van der Waals surface area contributed by atoms with Gasteiger partial charge in [0.1, 0.15) is 0 Å². The summed E-state index contributed by atoms with van der Waals surface area (Å²) in [5.74, 6) is 0. The number of aryl methyl sites for hydroxylation is 4. The van der Waals surface area contributed by atoms with Crippen LogP contribution < -0.4 is 42.0 Å². The van der Waals surface area contributed by atoms with Crippen molar-refractivity contribution >= 4 is 69.0 Å². The molecule has 1 nitrogen and oxygen atoms in total. The van der Waals surface area contributed by atoms with Gasteiger partial charge in [0.15, 0.2) is 8.07 Å². The van der Waals surface area contributed by atoms with Crippen LogP contribution in [0.25, 0.3) is 0 Å². The number of nitrogens with zero attached hydrogens (tertiary/aromatic N) is 1. The molecule has 0 fully saturated rings. The molecular formula is C42H34BNSi. The number of benzene rings is 6. The molecule has 45 heavy (non-hydrogen) atoms. The fourth-order valence-corrected chi connectivity index (χ4v) is 15.6. The fourth-order valence-electron chi connectivity index (χ4n) is 9.66. The highest BCUT2D eigenvalue weighted by atomic mass is 28.3. The number of rotatable bonds is 0. The Kier molecular flexibility index (Phi) is 5.01. The normalized spacial score (nSPS) is 17.6. The van der Waals surface area contributed by atoms with Gasteiger partial charge in [0.25, 0.3) is 0 Å². The standard InChI is InChI=1S/C42H34BNSi/c1-25-13-15-33-29(17-25)23-31-19-27(3)21-39-41(31)43(33)34-9-5-7-11-37(34)45(39)38-12-8-6-10-36(38)44-35-16-14-26(2)18-30(35)24-32-20-28(4)22-40(45)42(32)44/h5-22H,23-24H2,1-4H3. The number of hydrogen-bond acceptors (Lipinski definition) is 1. The SMILES string of the molecule is Cc1ccc2c(c1)Cc1cc(C)cc3c1B2c1ccccc1[Si]31c2ccccc2N2c3ccc(C)cc3Cc3cc(C)cc1c32. The van der Waals surface area contributed by atoms with Crippen molar-refractivity contribution in [3.05, 3.63) is 154 Å². The maximum atomic E-state index is 2.63. The van der Waals surface area contributed by atoms with E-state index in [2.05, 4.69) is 142 Å². The Bertz CT molecular complexity index is 2140. The second-order valence-electron chi connectivity index (χ2n) is 14.0. The third-order valence-corrected chi connectivity index (χ3v) is 16.0. The van der Waals surface area contributed by atoms with Crippen LogP contribution in [0.15, 0.2) is 109 Å². The monoisotopic (exact) mass is 591 g/mol. The smallest absolute Gasteiger partial charge is 0.241 e. The molecule has 4 aliphatic rings. The molecule has 214 valence electrons. The molecule has 0 radical (unpaired) electrons. The van der Waals surface area contributed by atoms with Crippen LogP contribution in [0.3, 0.4) is 0 Å². The highest BCUT2D eigenvalue weighted by Gasteiger charge is 2.56. The predicted octanol–water partition coefficient (Wildman–Crippen LogP) is 4.72. The van der Waals surface area contributed by atoms with Crippen molar-refractivity contribution in [2.24, 2.45) is 0 Å². The molecule has 1 spiro atoms. The van der Waals surface area contributed by atoms with Gasteiger partial charge in [-0.15, -0.1) is 0 Å². The number of para-hydroxylation sites is 1. The van der Waals surface area contributed by atoms with E-state index in [0.29, 0.717) is 0 Å². The molecule has 0 bridgehead atoms. The first-order valence-corrected chi connectivity index (χ1v) is 18.4. The zero-order valence-corrected chi connectivity index (χ0v) is 27.3. The van der Waals surface area contributed by atoms with Gasteiger partial charge in [-0.3, -0.25) is 0 Å². The Morgan fingerprint density at radius 2 is 1.13 bits per heavy atom. The zero-order valence-electron chi connectivity index (χ0n) is 26.3. The summed E-state index contributed by atoms with van der Waals surface area (Å²) in [6.07, 6.45) is 1.99. The van der Waals surface area contributed by atoms with Gasteiger partial charge in [0, 0.05) is 17.8 Å². The first-order valence-electron chi connectivity index (χ1n) is 16.4. The third-order valence-electron chi connectivity index (χ3n) is 11.1. The summed E-state index contributed by atoms with van der Waals surface area (Å²) in [7, 11) is -2.73. The fraction of sp³-hybridized carbons (Fsp3) is 0.143. The van der Waals surface area contributed by atoms with E-state index >= 15 is 0 Å². The van der Waals surface area contributed by atoms with Gasteiger partial charge < -0.3 is 4.90 Å². The van der Waals surface area contributed by atoms with E-state index in [4.69, 9.17) is 0 Å². The van der Waals surface area contributed by atoms with Crippen LogP contribution in [0.2, 0.25) is 0 Å². The van der Waals surface area contributed by atoms with Crippen molar-refractivity contribution in [2.45, 2.75) is 40.5 Å². The lowest BCUT2D eigenvalue weighted by Gasteiger charge is -2.52. The molecular weight excluding hydrogens is 557 g/mol. The lowest BCUT2D eigenvalue weighted by Crippen LogP contribution is -2.88. The Balaban J connectivity index is 1.39. The minimum Gasteiger partial charge on any atom is -0.310 e. The van der Waals surface area contributed by atoms with Crippen molar-refractivity contribution < 1.29 is 0 Å². The minimum atomic E-state index is -2.73.